The van der Waals surface area contributed by atoms with E-state index in [4.69, 9.17) is 10.5 Å². The van der Waals surface area contributed by atoms with Gasteiger partial charge in [-0.3, -0.25) is 0 Å². The molecule has 1 aromatic carbocycles. The largest absolute Gasteiger partial charge is 0.398 e. The van der Waals surface area contributed by atoms with Crippen molar-refractivity contribution in [1.82, 2.24) is 0 Å². The summed E-state index contributed by atoms with van der Waals surface area (Å²) in [6.45, 7) is 2.98. The molecule has 2 nitrogen and oxygen atoms in total. The highest BCUT2D eigenvalue weighted by Crippen LogP contribution is 2.28. The SMILES string of the molecule is CC1CCC(OCc2cccc(N)c2Br)CC1. The van der Waals surface area contributed by atoms with Crippen LogP contribution in [0.2, 0.25) is 0 Å². The fraction of sp³-hybridized carbons (Fsp3) is 0.571. The number of nitrogens with two attached hydrogens (primary N) is 1. The monoisotopic (exact) mass is 297 g/mol. The van der Waals surface area contributed by atoms with Gasteiger partial charge in [-0.15, -0.1) is 0 Å². The van der Waals surface area contributed by atoms with Gasteiger partial charge >= 0.3 is 0 Å². The Morgan fingerprint density at radius 3 is 2.71 bits per heavy atom. The van der Waals surface area contributed by atoms with Crippen molar-refractivity contribution in [3.63, 3.8) is 0 Å². The number of hydrogen-bond donors (Lipinski definition) is 1. The summed E-state index contributed by atoms with van der Waals surface area (Å²) < 4.78 is 6.94. The van der Waals surface area contributed by atoms with Crippen LogP contribution < -0.4 is 5.73 Å². The van der Waals surface area contributed by atoms with E-state index < -0.39 is 0 Å². The number of rotatable bonds is 3. The average molecular weight is 298 g/mol. The van der Waals surface area contributed by atoms with Gasteiger partial charge in [0.15, 0.2) is 0 Å². The Balaban J connectivity index is 1.87. The Hall–Kier alpha value is -0.540. The van der Waals surface area contributed by atoms with E-state index >= 15 is 0 Å². The van der Waals surface area contributed by atoms with Crippen molar-refractivity contribution < 1.29 is 4.74 Å². The van der Waals surface area contributed by atoms with Crippen LogP contribution in [0.1, 0.15) is 38.2 Å². The zero-order chi connectivity index (χ0) is 12.3. The van der Waals surface area contributed by atoms with Crippen LogP contribution in [0.15, 0.2) is 22.7 Å². The summed E-state index contributed by atoms with van der Waals surface area (Å²) in [6.07, 6.45) is 5.41. The van der Waals surface area contributed by atoms with Crippen molar-refractivity contribution in [2.75, 3.05) is 5.73 Å². The van der Waals surface area contributed by atoms with Crippen molar-refractivity contribution in [1.29, 1.82) is 0 Å². The van der Waals surface area contributed by atoms with Crippen LogP contribution >= 0.6 is 15.9 Å². The lowest BCUT2D eigenvalue weighted by molar-refractivity contribution is 0.00855. The maximum absolute atomic E-state index is 5.97. The quantitative estimate of drug-likeness (QED) is 0.852. The molecule has 17 heavy (non-hydrogen) atoms. The number of hydrogen-bond acceptors (Lipinski definition) is 2. The average Bonchev–Trinajstić information content (AvgIpc) is 2.33. The first kappa shape index (κ1) is 12.9. The Labute approximate surface area is 112 Å². The molecule has 0 aliphatic heterocycles. The van der Waals surface area contributed by atoms with E-state index in [1.807, 2.05) is 12.1 Å². The molecule has 2 N–H and O–H groups in total. The normalized spacial score (nSPS) is 24.8. The first-order valence-electron chi connectivity index (χ1n) is 6.31. The Bertz CT molecular complexity index is 372. The van der Waals surface area contributed by atoms with Gasteiger partial charge in [-0.1, -0.05) is 19.1 Å². The molecule has 2 rings (SSSR count). The lowest BCUT2D eigenvalue weighted by atomic mass is 9.89. The third kappa shape index (κ3) is 3.46. The summed E-state index contributed by atoms with van der Waals surface area (Å²) in [5.74, 6) is 0.869. The van der Waals surface area contributed by atoms with Gasteiger partial charge in [-0.2, -0.15) is 0 Å². The molecule has 0 aromatic heterocycles. The standard InChI is InChI=1S/C14H20BrNO/c1-10-5-7-12(8-6-10)17-9-11-3-2-4-13(16)14(11)15/h2-4,10,12H,5-9,16H2,1H3. The highest BCUT2D eigenvalue weighted by atomic mass is 79.9. The third-order valence-corrected chi connectivity index (χ3v) is 4.51. The number of benzene rings is 1. The fourth-order valence-corrected chi connectivity index (χ4v) is 2.69. The van der Waals surface area contributed by atoms with Crippen LogP contribution in [-0.4, -0.2) is 6.10 Å². The van der Waals surface area contributed by atoms with Gasteiger partial charge in [0.2, 0.25) is 0 Å². The third-order valence-electron chi connectivity index (χ3n) is 3.55. The second-order valence-corrected chi connectivity index (χ2v) is 5.81. The van der Waals surface area contributed by atoms with Gasteiger partial charge in [0.25, 0.3) is 0 Å². The van der Waals surface area contributed by atoms with E-state index in [1.54, 1.807) is 0 Å². The van der Waals surface area contributed by atoms with Crippen molar-refractivity contribution in [2.24, 2.45) is 5.92 Å². The number of ether oxygens (including phenoxy) is 1. The summed E-state index contributed by atoms with van der Waals surface area (Å²) >= 11 is 3.51. The predicted molar refractivity (Wildman–Crippen MR) is 74.8 cm³/mol. The number of halogens is 1. The first-order valence-corrected chi connectivity index (χ1v) is 7.10. The summed E-state index contributed by atoms with van der Waals surface area (Å²) in [7, 11) is 0. The molecule has 0 saturated heterocycles. The molecule has 0 atom stereocenters. The molecule has 1 aliphatic rings. The van der Waals surface area contributed by atoms with Crippen LogP contribution in [0.25, 0.3) is 0 Å². The molecule has 1 aliphatic carbocycles. The van der Waals surface area contributed by atoms with Gasteiger partial charge in [0, 0.05) is 10.2 Å². The molecule has 0 amide bonds. The second kappa shape index (κ2) is 5.87. The van der Waals surface area contributed by atoms with Crippen LogP contribution in [0.4, 0.5) is 5.69 Å². The van der Waals surface area contributed by atoms with Gasteiger partial charge in [-0.25, -0.2) is 0 Å². The Morgan fingerprint density at radius 2 is 2.00 bits per heavy atom. The molecule has 1 saturated carbocycles. The molecular weight excluding hydrogens is 278 g/mol. The predicted octanol–water partition coefficient (Wildman–Crippen LogP) is 4.13. The van der Waals surface area contributed by atoms with Crippen LogP contribution in [0.5, 0.6) is 0 Å². The van der Waals surface area contributed by atoms with Crippen molar-refractivity contribution in [2.45, 2.75) is 45.3 Å². The summed E-state index contributed by atoms with van der Waals surface area (Å²) in [5.41, 5.74) is 7.77. The molecule has 0 radical (unpaired) electrons. The van der Waals surface area contributed by atoms with Crippen LogP contribution in [0.3, 0.4) is 0 Å². The van der Waals surface area contributed by atoms with E-state index in [-0.39, 0.29) is 0 Å². The Kier molecular flexibility index (Phi) is 4.46. The van der Waals surface area contributed by atoms with E-state index in [2.05, 4.69) is 28.9 Å². The topological polar surface area (TPSA) is 35.2 Å². The van der Waals surface area contributed by atoms with Crippen molar-refractivity contribution in [3.05, 3.63) is 28.2 Å². The smallest absolute Gasteiger partial charge is 0.0732 e. The van der Waals surface area contributed by atoms with Gasteiger partial charge in [0.1, 0.15) is 0 Å². The minimum atomic E-state index is 0.430. The lowest BCUT2D eigenvalue weighted by Crippen LogP contribution is -2.20. The number of anilines is 1. The zero-order valence-corrected chi connectivity index (χ0v) is 11.9. The van der Waals surface area contributed by atoms with E-state index in [0.29, 0.717) is 12.7 Å². The highest BCUT2D eigenvalue weighted by molar-refractivity contribution is 9.10. The molecular formula is C14H20BrNO. The molecule has 0 heterocycles. The fourth-order valence-electron chi connectivity index (χ4n) is 2.31. The van der Waals surface area contributed by atoms with E-state index in [9.17, 15) is 0 Å². The molecule has 0 spiro atoms. The maximum atomic E-state index is 5.97. The molecule has 0 unspecified atom stereocenters. The summed E-state index contributed by atoms with van der Waals surface area (Å²) in [5, 5.41) is 0. The summed E-state index contributed by atoms with van der Waals surface area (Å²) in [4.78, 5) is 0. The highest BCUT2D eigenvalue weighted by Gasteiger charge is 2.18. The van der Waals surface area contributed by atoms with Gasteiger partial charge in [0.05, 0.1) is 12.7 Å². The second-order valence-electron chi connectivity index (χ2n) is 5.01. The Morgan fingerprint density at radius 1 is 1.29 bits per heavy atom. The lowest BCUT2D eigenvalue weighted by Gasteiger charge is -2.26. The minimum Gasteiger partial charge on any atom is -0.398 e. The van der Waals surface area contributed by atoms with E-state index in [1.165, 1.54) is 25.7 Å². The molecule has 0 bridgehead atoms. The number of nitrogen functional groups attached to an aromatic ring is 1. The van der Waals surface area contributed by atoms with Crippen molar-refractivity contribution >= 4 is 21.6 Å². The molecule has 1 fully saturated rings. The van der Waals surface area contributed by atoms with Crippen LogP contribution in [-0.2, 0) is 11.3 Å². The van der Waals surface area contributed by atoms with Crippen molar-refractivity contribution in [3.8, 4) is 0 Å². The first-order chi connectivity index (χ1) is 8.16. The molecule has 94 valence electrons. The minimum absolute atomic E-state index is 0.430. The van der Waals surface area contributed by atoms with Gasteiger partial charge in [-0.05, 0) is 59.2 Å². The molecule has 3 heteroatoms. The van der Waals surface area contributed by atoms with E-state index in [0.717, 1.165) is 21.6 Å². The summed E-state index contributed by atoms with van der Waals surface area (Å²) in [6, 6.07) is 5.93. The maximum Gasteiger partial charge on any atom is 0.0732 e. The van der Waals surface area contributed by atoms with Gasteiger partial charge < -0.3 is 10.5 Å². The van der Waals surface area contributed by atoms with Crippen LogP contribution in [0, 0.1) is 5.92 Å². The molecule has 1 aromatic rings. The zero-order valence-electron chi connectivity index (χ0n) is 10.3.